The Bertz CT molecular complexity index is 853. The van der Waals surface area contributed by atoms with Gasteiger partial charge in [-0.15, -0.1) is 0 Å². The summed E-state index contributed by atoms with van der Waals surface area (Å²) in [7, 11) is 0. The van der Waals surface area contributed by atoms with Crippen LogP contribution in [0.3, 0.4) is 0 Å². The van der Waals surface area contributed by atoms with Gasteiger partial charge in [-0.2, -0.15) is 5.10 Å². The number of nitrogens with one attached hydrogen (secondary N) is 2. The van der Waals surface area contributed by atoms with Crippen molar-refractivity contribution in [2.75, 3.05) is 0 Å². The van der Waals surface area contributed by atoms with Crippen molar-refractivity contribution in [3.63, 3.8) is 0 Å². The molecule has 1 heterocycles. The van der Waals surface area contributed by atoms with E-state index in [0.29, 0.717) is 10.7 Å². The van der Waals surface area contributed by atoms with Gasteiger partial charge in [0.15, 0.2) is 0 Å². The number of nitrogens with zero attached hydrogens (tertiary/aromatic N) is 1. The van der Waals surface area contributed by atoms with Crippen LogP contribution in [0.15, 0.2) is 53.6 Å². The smallest absolute Gasteiger partial charge is 0.288 e. The highest BCUT2D eigenvalue weighted by Crippen LogP contribution is 2.24. The van der Waals surface area contributed by atoms with Gasteiger partial charge in [-0.1, -0.05) is 41.9 Å². The first-order valence-corrected chi connectivity index (χ1v) is 7.19. The molecule has 2 N–H and O–H groups in total. The number of H-pyrrole nitrogens is 1. The summed E-state index contributed by atoms with van der Waals surface area (Å²) < 4.78 is 0. The molecule has 2 aromatic carbocycles. The third-order valence-corrected chi connectivity index (χ3v) is 3.66. The number of rotatable bonds is 3. The molecule has 0 saturated carbocycles. The fourth-order valence-electron chi connectivity index (χ4n) is 2.29. The third-order valence-electron chi connectivity index (χ3n) is 3.43. The summed E-state index contributed by atoms with van der Waals surface area (Å²) in [6, 6.07) is 15.0. The standard InChI is InChI=1S/C17H14ClN3O/c1-11-14-9-13(18)7-8-15(14)20-16(11)17(22)21-19-10-12-5-3-2-4-6-12/h2-10,20H,1H3,(H,21,22)/b19-10-. The van der Waals surface area contributed by atoms with Crippen molar-refractivity contribution in [2.24, 2.45) is 5.10 Å². The normalized spacial score (nSPS) is 11.2. The van der Waals surface area contributed by atoms with Crippen LogP contribution >= 0.6 is 11.6 Å². The molecule has 1 amide bonds. The van der Waals surface area contributed by atoms with Crippen LogP contribution in [0.2, 0.25) is 5.02 Å². The van der Waals surface area contributed by atoms with Gasteiger partial charge in [0.1, 0.15) is 5.69 Å². The van der Waals surface area contributed by atoms with Crippen molar-refractivity contribution in [3.05, 3.63) is 70.4 Å². The van der Waals surface area contributed by atoms with E-state index < -0.39 is 0 Å². The molecule has 3 rings (SSSR count). The molecule has 0 atom stereocenters. The Morgan fingerprint density at radius 3 is 2.77 bits per heavy atom. The number of aryl methyl sites for hydroxylation is 1. The molecule has 0 aliphatic carbocycles. The number of aromatic nitrogens is 1. The van der Waals surface area contributed by atoms with Crippen LogP contribution in [0.1, 0.15) is 21.6 Å². The summed E-state index contributed by atoms with van der Waals surface area (Å²) in [6.45, 7) is 1.88. The Labute approximate surface area is 132 Å². The Morgan fingerprint density at radius 1 is 1.23 bits per heavy atom. The lowest BCUT2D eigenvalue weighted by molar-refractivity contribution is 0.0950. The molecule has 1 aromatic heterocycles. The molecular formula is C17H14ClN3O. The predicted octanol–water partition coefficient (Wildman–Crippen LogP) is 3.89. The molecule has 0 saturated heterocycles. The van der Waals surface area contributed by atoms with Crippen LogP contribution in [0, 0.1) is 6.92 Å². The number of halogens is 1. The lowest BCUT2D eigenvalue weighted by atomic mass is 10.1. The number of hydrogen-bond donors (Lipinski definition) is 2. The molecule has 0 unspecified atom stereocenters. The summed E-state index contributed by atoms with van der Waals surface area (Å²) >= 11 is 5.99. The SMILES string of the molecule is Cc1c(C(=O)N/N=C\c2ccccc2)[nH]c2ccc(Cl)cc12. The van der Waals surface area contributed by atoms with Crippen molar-refractivity contribution in [2.45, 2.75) is 6.92 Å². The Balaban J connectivity index is 1.81. The largest absolute Gasteiger partial charge is 0.350 e. The van der Waals surface area contributed by atoms with E-state index in [0.717, 1.165) is 22.0 Å². The van der Waals surface area contributed by atoms with Crippen LogP contribution in [-0.4, -0.2) is 17.1 Å². The van der Waals surface area contributed by atoms with Gasteiger partial charge in [0.2, 0.25) is 0 Å². The second-order valence-corrected chi connectivity index (χ2v) is 5.36. The average Bonchev–Trinajstić information content (AvgIpc) is 2.85. The maximum Gasteiger partial charge on any atom is 0.288 e. The van der Waals surface area contributed by atoms with E-state index in [2.05, 4.69) is 15.5 Å². The number of carbonyl (C=O) groups is 1. The van der Waals surface area contributed by atoms with E-state index in [1.165, 1.54) is 0 Å². The zero-order valence-corrected chi connectivity index (χ0v) is 12.7. The van der Waals surface area contributed by atoms with E-state index in [4.69, 9.17) is 11.6 Å². The first kappa shape index (κ1) is 14.4. The monoisotopic (exact) mass is 311 g/mol. The Kier molecular flexibility index (Phi) is 3.94. The van der Waals surface area contributed by atoms with Crippen LogP contribution in [0.5, 0.6) is 0 Å². The summed E-state index contributed by atoms with van der Waals surface area (Å²) in [5.41, 5.74) is 5.66. The molecule has 0 bridgehead atoms. The first-order valence-electron chi connectivity index (χ1n) is 6.81. The first-order chi connectivity index (χ1) is 10.6. The molecule has 22 heavy (non-hydrogen) atoms. The summed E-state index contributed by atoms with van der Waals surface area (Å²) in [5, 5.41) is 5.55. The summed E-state index contributed by atoms with van der Waals surface area (Å²) in [6.07, 6.45) is 1.60. The highest BCUT2D eigenvalue weighted by molar-refractivity contribution is 6.31. The third kappa shape index (κ3) is 2.87. The Morgan fingerprint density at radius 2 is 2.00 bits per heavy atom. The van der Waals surface area contributed by atoms with Crippen molar-refractivity contribution in [1.82, 2.24) is 10.4 Å². The van der Waals surface area contributed by atoms with E-state index in [9.17, 15) is 4.79 Å². The number of hydrazone groups is 1. The lowest BCUT2D eigenvalue weighted by Gasteiger charge is -1.98. The second kappa shape index (κ2) is 6.03. The van der Waals surface area contributed by atoms with Gasteiger partial charge in [-0.05, 0) is 36.2 Å². The van der Waals surface area contributed by atoms with Crippen molar-refractivity contribution in [3.8, 4) is 0 Å². The van der Waals surface area contributed by atoms with Crippen LogP contribution in [-0.2, 0) is 0 Å². The van der Waals surface area contributed by atoms with Gasteiger partial charge in [0, 0.05) is 15.9 Å². The van der Waals surface area contributed by atoms with Gasteiger partial charge in [-0.3, -0.25) is 4.79 Å². The summed E-state index contributed by atoms with van der Waals surface area (Å²) in [4.78, 5) is 15.3. The van der Waals surface area contributed by atoms with E-state index >= 15 is 0 Å². The minimum absolute atomic E-state index is 0.281. The molecule has 110 valence electrons. The molecule has 0 aliphatic heterocycles. The number of hydrogen-bond acceptors (Lipinski definition) is 2. The van der Waals surface area contributed by atoms with E-state index in [-0.39, 0.29) is 5.91 Å². The number of amides is 1. The maximum absolute atomic E-state index is 12.2. The van der Waals surface area contributed by atoms with Gasteiger partial charge in [0.25, 0.3) is 5.91 Å². The van der Waals surface area contributed by atoms with Gasteiger partial charge < -0.3 is 4.98 Å². The van der Waals surface area contributed by atoms with E-state index in [1.54, 1.807) is 12.3 Å². The zero-order chi connectivity index (χ0) is 15.5. The highest BCUT2D eigenvalue weighted by atomic mass is 35.5. The van der Waals surface area contributed by atoms with Gasteiger partial charge >= 0.3 is 0 Å². The fourth-order valence-corrected chi connectivity index (χ4v) is 2.46. The lowest BCUT2D eigenvalue weighted by Crippen LogP contribution is -2.18. The van der Waals surface area contributed by atoms with Crippen LogP contribution in [0.25, 0.3) is 10.9 Å². The molecule has 4 nitrogen and oxygen atoms in total. The number of carbonyl (C=O) groups excluding carboxylic acids is 1. The van der Waals surface area contributed by atoms with Gasteiger partial charge in [0.05, 0.1) is 6.21 Å². The average molecular weight is 312 g/mol. The van der Waals surface area contributed by atoms with Crippen molar-refractivity contribution < 1.29 is 4.79 Å². The second-order valence-electron chi connectivity index (χ2n) is 4.92. The minimum Gasteiger partial charge on any atom is -0.350 e. The van der Waals surface area contributed by atoms with Crippen molar-refractivity contribution >= 4 is 34.6 Å². The quantitative estimate of drug-likeness (QED) is 0.559. The topological polar surface area (TPSA) is 57.2 Å². The number of benzene rings is 2. The molecule has 0 radical (unpaired) electrons. The maximum atomic E-state index is 12.2. The van der Waals surface area contributed by atoms with Crippen molar-refractivity contribution in [1.29, 1.82) is 0 Å². The molecule has 0 fully saturated rings. The predicted molar refractivity (Wildman–Crippen MR) is 89.5 cm³/mol. The molecule has 0 aliphatic rings. The molecule has 0 spiro atoms. The van der Waals surface area contributed by atoms with Crippen LogP contribution < -0.4 is 5.43 Å². The molecule has 3 aromatic rings. The summed E-state index contributed by atoms with van der Waals surface area (Å²) in [5.74, 6) is -0.281. The van der Waals surface area contributed by atoms with E-state index in [1.807, 2.05) is 49.4 Å². The number of fused-ring (bicyclic) bond motifs is 1. The Hall–Kier alpha value is -2.59. The number of aromatic amines is 1. The zero-order valence-electron chi connectivity index (χ0n) is 11.9. The van der Waals surface area contributed by atoms with Gasteiger partial charge in [-0.25, -0.2) is 5.43 Å². The highest BCUT2D eigenvalue weighted by Gasteiger charge is 2.14. The minimum atomic E-state index is -0.281. The molecular weight excluding hydrogens is 298 g/mol. The fraction of sp³-hybridized carbons (Fsp3) is 0.0588. The molecule has 5 heteroatoms. The van der Waals surface area contributed by atoms with Crippen LogP contribution in [0.4, 0.5) is 0 Å².